The van der Waals surface area contributed by atoms with Gasteiger partial charge < -0.3 is 15.2 Å². The molecular weight excluding hydrogens is 443 g/mol. The Hall–Kier alpha value is -2.65. The number of fused-ring (bicyclic) bond motifs is 1. The number of nitrogens with one attached hydrogen (secondary N) is 1. The van der Waals surface area contributed by atoms with Crippen LogP contribution in [0.2, 0.25) is 0 Å². The highest BCUT2D eigenvalue weighted by molar-refractivity contribution is 8.01. The van der Waals surface area contributed by atoms with Gasteiger partial charge in [0.05, 0.1) is 29.5 Å². The molecule has 0 spiro atoms. The zero-order valence-electron chi connectivity index (χ0n) is 19.5. The molecule has 7 nitrogen and oxygen atoms in total. The maximum atomic E-state index is 14.4. The highest BCUT2D eigenvalue weighted by Crippen LogP contribution is 2.36. The molecule has 1 unspecified atom stereocenters. The zero-order valence-corrected chi connectivity index (χ0v) is 20.3. The van der Waals surface area contributed by atoms with E-state index >= 15 is 0 Å². The van der Waals surface area contributed by atoms with Gasteiger partial charge in [-0.15, -0.1) is 0 Å². The van der Waals surface area contributed by atoms with Crippen LogP contribution in [0.1, 0.15) is 46.5 Å². The average molecular weight is 475 g/mol. The first-order valence-electron chi connectivity index (χ1n) is 11.0. The summed E-state index contributed by atoms with van der Waals surface area (Å²) in [5, 5.41) is 13.4. The van der Waals surface area contributed by atoms with E-state index in [2.05, 4.69) is 21.2 Å². The van der Waals surface area contributed by atoms with Crippen LogP contribution in [-0.2, 0) is 9.52 Å². The van der Waals surface area contributed by atoms with Crippen LogP contribution in [0.4, 0.5) is 10.2 Å². The second-order valence-corrected chi connectivity index (χ2v) is 12.7. The molecule has 3 aromatic heterocycles. The van der Waals surface area contributed by atoms with E-state index in [-0.39, 0.29) is 0 Å². The van der Waals surface area contributed by atoms with Gasteiger partial charge in [0.15, 0.2) is 0 Å². The van der Waals surface area contributed by atoms with Gasteiger partial charge in [-0.1, -0.05) is 0 Å². The molecule has 0 saturated heterocycles. The minimum absolute atomic E-state index is 0.382. The molecule has 0 aliphatic heterocycles. The maximum absolute atomic E-state index is 14.4. The number of aromatic nitrogens is 3. The predicted molar refractivity (Wildman–Crippen MR) is 130 cm³/mol. The molecule has 2 N–H and O–H groups in total. The van der Waals surface area contributed by atoms with Gasteiger partial charge in [0.25, 0.3) is 0 Å². The van der Waals surface area contributed by atoms with Crippen molar-refractivity contribution in [2.75, 3.05) is 19.0 Å². The van der Waals surface area contributed by atoms with Crippen molar-refractivity contribution in [3.63, 3.8) is 0 Å². The Morgan fingerprint density at radius 3 is 2.67 bits per heavy atom. The lowest BCUT2D eigenvalue weighted by Gasteiger charge is -2.36. The molecule has 178 valence electrons. The Kier molecular flexibility index (Phi) is 5.90. The van der Waals surface area contributed by atoms with Crippen LogP contribution in [0, 0.1) is 5.95 Å². The molecule has 3 aromatic rings. The van der Waals surface area contributed by atoms with Gasteiger partial charge in [-0.25, -0.2) is 9.97 Å². The summed E-state index contributed by atoms with van der Waals surface area (Å²) in [5.41, 5.74) is 1.16. The summed E-state index contributed by atoms with van der Waals surface area (Å²) in [6, 6.07) is 4.79. The monoisotopic (exact) mass is 474 g/mol. The van der Waals surface area contributed by atoms with Gasteiger partial charge in [-0.2, -0.15) is 4.39 Å². The molecule has 4 rings (SSSR count). The smallest absolute Gasteiger partial charge is 0.215 e. The largest absolute Gasteiger partial charge is 0.495 e. The summed E-state index contributed by atoms with van der Waals surface area (Å²) in [6.45, 7) is 6.11. The van der Waals surface area contributed by atoms with Crippen LogP contribution in [0.3, 0.4) is 0 Å². The van der Waals surface area contributed by atoms with E-state index in [1.807, 2.05) is 20.8 Å². The van der Waals surface area contributed by atoms with Gasteiger partial charge in [-0.05, 0) is 58.4 Å². The van der Waals surface area contributed by atoms with Crippen LogP contribution in [-0.4, -0.2) is 53.6 Å². The van der Waals surface area contributed by atoms with Crippen molar-refractivity contribution in [3.8, 4) is 17.0 Å². The van der Waals surface area contributed by atoms with Gasteiger partial charge in [0, 0.05) is 44.7 Å². The third kappa shape index (κ3) is 4.44. The summed E-state index contributed by atoms with van der Waals surface area (Å²) in [6.07, 6.45) is 6.58. The van der Waals surface area contributed by atoms with Gasteiger partial charge >= 0.3 is 0 Å². The number of hydrogen-bond acceptors (Lipinski definition) is 6. The minimum atomic E-state index is -2.72. The molecule has 1 fully saturated rings. The standard InChI is InChI=1S/C24H31FN4O3S/c1-23(2,3)33(5,31)19-15-29-17(14-27-22(29)13-18(19)32-4)16-11-20(25)28-21(12-16)26-10-9-24(30)7-6-8-24/h11-15,30H,5-10H2,1-4H3,(H,26,28). The molecular formula is C24H31FN4O3S. The number of hydrogen-bond donors (Lipinski definition) is 2. The molecule has 0 aromatic carbocycles. The molecule has 1 aliphatic carbocycles. The number of ether oxygens (including phenoxy) is 1. The summed E-state index contributed by atoms with van der Waals surface area (Å²) in [7, 11) is -1.20. The molecule has 33 heavy (non-hydrogen) atoms. The highest BCUT2D eigenvalue weighted by Gasteiger charge is 2.33. The molecule has 9 heteroatoms. The molecule has 1 atom stereocenters. The Morgan fingerprint density at radius 1 is 1.33 bits per heavy atom. The number of imidazole rings is 1. The van der Waals surface area contributed by atoms with Crippen molar-refractivity contribution >= 4 is 26.9 Å². The number of rotatable bonds is 7. The third-order valence-electron chi connectivity index (χ3n) is 6.41. The van der Waals surface area contributed by atoms with Crippen molar-refractivity contribution < 1.29 is 18.4 Å². The lowest BCUT2D eigenvalue weighted by molar-refractivity contribution is -0.0370. The van der Waals surface area contributed by atoms with E-state index in [4.69, 9.17) is 4.74 Å². The molecule has 0 amide bonds. The van der Waals surface area contributed by atoms with Crippen molar-refractivity contribution in [3.05, 3.63) is 36.5 Å². The molecule has 0 bridgehead atoms. The normalized spacial score (nSPS) is 17.4. The summed E-state index contributed by atoms with van der Waals surface area (Å²) in [5.74, 6) is 4.23. The molecule has 1 saturated carbocycles. The second kappa shape index (κ2) is 8.29. The Bertz CT molecular complexity index is 1290. The van der Waals surface area contributed by atoms with Crippen molar-refractivity contribution in [2.24, 2.45) is 0 Å². The van der Waals surface area contributed by atoms with Crippen molar-refractivity contribution in [1.82, 2.24) is 14.4 Å². The second-order valence-electron chi connectivity index (χ2n) is 9.68. The summed E-state index contributed by atoms with van der Waals surface area (Å²) >= 11 is 0. The number of halogens is 1. The van der Waals surface area contributed by atoms with Gasteiger partial charge in [-0.3, -0.25) is 8.61 Å². The summed E-state index contributed by atoms with van der Waals surface area (Å²) in [4.78, 5) is 8.85. The maximum Gasteiger partial charge on any atom is 0.215 e. The van der Waals surface area contributed by atoms with E-state index in [9.17, 15) is 13.7 Å². The molecule has 3 heterocycles. The van der Waals surface area contributed by atoms with E-state index < -0.39 is 25.8 Å². The number of pyridine rings is 2. The fraction of sp³-hybridized carbons (Fsp3) is 0.458. The van der Waals surface area contributed by atoms with E-state index in [1.165, 1.54) is 13.2 Å². The SMILES string of the molecule is C=S(=O)(c1cn2c(-c3cc(F)nc(NCCC4(O)CCC4)c3)cnc2cc1OC)C(C)(C)C. The molecule has 0 radical (unpaired) electrons. The highest BCUT2D eigenvalue weighted by atomic mass is 32.2. The van der Waals surface area contributed by atoms with E-state index in [0.29, 0.717) is 46.3 Å². The Morgan fingerprint density at radius 2 is 2.06 bits per heavy atom. The van der Waals surface area contributed by atoms with Crippen LogP contribution >= 0.6 is 0 Å². The number of nitrogens with zero attached hydrogens (tertiary/aromatic N) is 3. The lowest BCUT2D eigenvalue weighted by Crippen LogP contribution is -2.38. The fourth-order valence-corrected chi connectivity index (χ4v) is 5.33. The van der Waals surface area contributed by atoms with E-state index in [1.54, 1.807) is 28.9 Å². The van der Waals surface area contributed by atoms with Crippen LogP contribution in [0.15, 0.2) is 35.5 Å². The van der Waals surface area contributed by atoms with Gasteiger partial charge in [0.1, 0.15) is 17.2 Å². The fourth-order valence-electron chi connectivity index (χ4n) is 3.93. The number of anilines is 1. The van der Waals surface area contributed by atoms with E-state index in [0.717, 1.165) is 19.3 Å². The topological polar surface area (TPSA) is 88.8 Å². The predicted octanol–water partition coefficient (Wildman–Crippen LogP) is 4.13. The molecule has 1 aliphatic rings. The first-order valence-corrected chi connectivity index (χ1v) is 12.7. The van der Waals surface area contributed by atoms with Crippen LogP contribution in [0.5, 0.6) is 5.75 Å². The third-order valence-corrected chi connectivity index (χ3v) is 9.41. The average Bonchev–Trinajstić information content (AvgIpc) is 3.13. The number of aliphatic hydroxyl groups is 1. The van der Waals surface area contributed by atoms with Crippen LogP contribution < -0.4 is 10.1 Å². The lowest BCUT2D eigenvalue weighted by atomic mass is 9.78. The quantitative estimate of drug-likeness (QED) is 0.395. The first-order chi connectivity index (χ1) is 15.4. The Labute approximate surface area is 194 Å². The Balaban J connectivity index is 1.72. The van der Waals surface area contributed by atoms with Crippen molar-refractivity contribution in [1.29, 1.82) is 0 Å². The first kappa shape index (κ1) is 23.5. The van der Waals surface area contributed by atoms with Crippen LogP contribution in [0.25, 0.3) is 16.9 Å². The van der Waals surface area contributed by atoms with Gasteiger partial charge in [0.2, 0.25) is 5.95 Å². The minimum Gasteiger partial charge on any atom is -0.495 e. The summed E-state index contributed by atoms with van der Waals surface area (Å²) < 4.78 is 34.7. The zero-order chi connectivity index (χ0) is 24.0. The number of methoxy groups -OCH3 is 1. The van der Waals surface area contributed by atoms with Crippen molar-refractivity contribution in [2.45, 2.75) is 61.7 Å².